The number of benzene rings is 1. The van der Waals surface area contributed by atoms with Gasteiger partial charge >= 0.3 is 0 Å². The summed E-state index contributed by atoms with van der Waals surface area (Å²) in [6.45, 7) is 6.83. The van der Waals surface area contributed by atoms with Gasteiger partial charge in [0.25, 0.3) is 11.8 Å². The molecule has 1 unspecified atom stereocenters. The summed E-state index contributed by atoms with van der Waals surface area (Å²) >= 11 is 6.59. The molecule has 0 fully saturated rings. The number of nitrogens with zero attached hydrogens (tertiary/aromatic N) is 2. The average Bonchev–Trinajstić information content (AvgIpc) is 2.82. The summed E-state index contributed by atoms with van der Waals surface area (Å²) in [5, 5.41) is 8.72. The number of rotatable bonds is 6. The number of ether oxygens (including phenoxy) is 1. The van der Waals surface area contributed by atoms with E-state index in [4.69, 9.17) is 22.2 Å². The van der Waals surface area contributed by atoms with Gasteiger partial charge in [-0.05, 0) is 36.2 Å². The topological polar surface area (TPSA) is 70.4 Å². The van der Waals surface area contributed by atoms with Crippen molar-refractivity contribution < 1.29 is 14.3 Å². The molecule has 1 aromatic carbocycles. The molecule has 26 heavy (non-hydrogen) atoms. The molecule has 7 heteroatoms. The molecule has 138 valence electrons. The van der Waals surface area contributed by atoms with Crippen LogP contribution in [0.1, 0.15) is 54.3 Å². The summed E-state index contributed by atoms with van der Waals surface area (Å²) in [5.41, 5.74) is 0.830. The van der Waals surface area contributed by atoms with Crippen LogP contribution in [0, 0.1) is 16.7 Å². The molecule has 0 spiro atoms. The second-order valence-electron chi connectivity index (χ2n) is 7.30. The van der Waals surface area contributed by atoms with Gasteiger partial charge in [0.1, 0.15) is 0 Å². The number of hydrogen-bond acceptors (Lipinski definition) is 6. The van der Waals surface area contributed by atoms with Crippen molar-refractivity contribution in [1.82, 2.24) is 4.90 Å². The fourth-order valence-corrected chi connectivity index (χ4v) is 3.79. The van der Waals surface area contributed by atoms with E-state index in [1.54, 1.807) is 24.3 Å². The maximum absolute atomic E-state index is 12.5. The molecule has 0 radical (unpaired) electrons. The van der Waals surface area contributed by atoms with Crippen LogP contribution in [0.5, 0.6) is 0 Å². The Hall–Kier alpha value is -1.91. The first-order valence-corrected chi connectivity index (χ1v) is 9.67. The number of carbonyl (C=O) groups is 2. The first-order valence-electron chi connectivity index (χ1n) is 8.38. The molecule has 0 aliphatic carbocycles. The summed E-state index contributed by atoms with van der Waals surface area (Å²) in [7, 11) is 0. The van der Waals surface area contributed by atoms with Crippen LogP contribution < -0.4 is 0 Å². The fourth-order valence-electron chi connectivity index (χ4n) is 2.47. The summed E-state index contributed by atoms with van der Waals surface area (Å²) in [4.78, 5) is 26.3. The molecule has 5 nitrogen and oxygen atoms in total. The number of thiocarbonyl (C=S) groups is 1. The number of fused-ring (bicyclic) bond motifs is 1. The van der Waals surface area contributed by atoms with E-state index in [9.17, 15) is 9.59 Å². The maximum atomic E-state index is 12.5. The number of thioether (sulfide) groups is 1. The lowest BCUT2D eigenvalue weighted by Crippen LogP contribution is -2.36. The summed E-state index contributed by atoms with van der Waals surface area (Å²) in [6, 6.07) is 8.90. The lowest BCUT2D eigenvalue weighted by atomic mass is 9.99. The highest BCUT2D eigenvalue weighted by Crippen LogP contribution is 2.27. The van der Waals surface area contributed by atoms with Crippen molar-refractivity contribution in [3.05, 3.63) is 35.4 Å². The lowest BCUT2D eigenvalue weighted by molar-refractivity contribution is 0.0654. The van der Waals surface area contributed by atoms with E-state index in [2.05, 4.69) is 6.07 Å². The molecule has 2 amide bonds. The third-order valence-corrected chi connectivity index (χ3v) is 5.16. The Morgan fingerprint density at radius 3 is 2.35 bits per heavy atom. The van der Waals surface area contributed by atoms with Gasteiger partial charge in [0, 0.05) is 18.2 Å². The van der Waals surface area contributed by atoms with E-state index in [1.165, 1.54) is 16.7 Å². The Bertz CT molecular complexity index is 715. The van der Waals surface area contributed by atoms with Crippen LogP contribution in [0.4, 0.5) is 0 Å². The zero-order chi connectivity index (χ0) is 19.3. The van der Waals surface area contributed by atoms with Gasteiger partial charge in [0.2, 0.25) is 4.38 Å². The number of nitriles is 1. The normalized spacial score (nSPS) is 14.8. The number of hydrogen-bond donors (Lipinski definition) is 0. The smallest absolute Gasteiger partial charge is 0.261 e. The first kappa shape index (κ1) is 20.4. The van der Waals surface area contributed by atoms with E-state index in [1.807, 2.05) is 20.8 Å². The Morgan fingerprint density at radius 2 is 1.85 bits per heavy atom. The predicted octanol–water partition coefficient (Wildman–Crippen LogP) is 4.04. The maximum Gasteiger partial charge on any atom is 0.261 e. The Kier molecular flexibility index (Phi) is 6.79. The second-order valence-corrected chi connectivity index (χ2v) is 9.20. The number of amides is 2. The Morgan fingerprint density at radius 1 is 1.27 bits per heavy atom. The van der Waals surface area contributed by atoms with Crippen molar-refractivity contribution >= 4 is 40.2 Å². The van der Waals surface area contributed by atoms with E-state index >= 15 is 0 Å². The molecule has 0 saturated heterocycles. The Labute approximate surface area is 163 Å². The van der Waals surface area contributed by atoms with Gasteiger partial charge in [-0.2, -0.15) is 5.26 Å². The van der Waals surface area contributed by atoms with E-state index < -0.39 is 0 Å². The quantitative estimate of drug-likeness (QED) is 0.539. The van der Waals surface area contributed by atoms with Gasteiger partial charge in [-0.1, -0.05) is 44.7 Å². The van der Waals surface area contributed by atoms with Gasteiger partial charge in [-0.25, -0.2) is 0 Å². The van der Waals surface area contributed by atoms with Crippen LogP contribution >= 0.6 is 24.0 Å². The third kappa shape index (κ3) is 5.29. The average molecular weight is 391 g/mol. The molecule has 0 N–H and O–H groups in total. The minimum absolute atomic E-state index is 0.0186. The van der Waals surface area contributed by atoms with Gasteiger partial charge in [0.05, 0.1) is 23.8 Å². The van der Waals surface area contributed by atoms with E-state index in [-0.39, 0.29) is 29.0 Å². The zero-order valence-electron chi connectivity index (χ0n) is 15.2. The Balaban J connectivity index is 2.04. The van der Waals surface area contributed by atoms with Gasteiger partial charge < -0.3 is 4.74 Å². The van der Waals surface area contributed by atoms with Crippen molar-refractivity contribution in [2.75, 3.05) is 13.2 Å². The van der Waals surface area contributed by atoms with Crippen molar-refractivity contribution in [2.45, 2.75) is 38.9 Å². The highest BCUT2D eigenvalue weighted by atomic mass is 32.2. The largest absolute Gasteiger partial charge is 0.478 e. The highest BCUT2D eigenvalue weighted by Gasteiger charge is 2.36. The number of imide groups is 1. The molecule has 1 aliphatic heterocycles. The van der Waals surface area contributed by atoms with Crippen LogP contribution in [0.3, 0.4) is 0 Å². The van der Waals surface area contributed by atoms with Crippen LogP contribution in [0.15, 0.2) is 24.3 Å². The molecule has 2 rings (SSSR count). The van der Waals surface area contributed by atoms with Crippen LogP contribution in [-0.4, -0.2) is 39.5 Å². The minimum atomic E-state index is -0.297. The van der Waals surface area contributed by atoms with Crippen LogP contribution in [0.25, 0.3) is 0 Å². The van der Waals surface area contributed by atoms with E-state index in [0.717, 1.165) is 0 Å². The highest BCUT2D eigenvalue weighted by molar-refractivity contribution is 8.23. The molecule has 1 aliphatic rings. The summed E-state index contributed by atoms with van der Waals surface area (Å²) in [6.07, 6.45) is 0.844. The molecule has 1 heterocycles. The van der Waals surface area contributed by atoms with Crippen LogP contribution in [-0.2, 0) is 4.74 Å². The predicted molar refractivity (Wildman–Crippen MR) is 106 cm³/mol. The standard InChI is InChI=1S/C19H22N2O3S2/c1-19(2,3)12-24-18(25)26-13(7-6-10-20)11-21-16(22)14-8-4-5-9-15(14)17(21)23/h4-5,8-9,13H,6-7,11-12H2,1-3H3. The SMILES string of the molecule is CC(C)(C)COC(=S)SC(CCC#N)CN1C(=O)c2ccccc2C1=O. The third-order valence-electron chi connectivity index (χ3n) is 3.73. The van der Waals surface area contributed by atoms with Gasteiger partial charge in [-0.3, -0.25) is 14.5 Å². The van der Waals surface area contributed by atoms with Crippen molar-refractivity contribution in [3.8, 4) is 6.07 Å². The zero-order valence-corrected chi connectivity index (χ0v) is 16.8. The van der Waals surface area contributed by atoms with Gasteiger partial charge in [-0.15, -0.1) is 0 Å². The first-order chi connectivity index (χ1) is 12.2. The monoisotopic (exact) mass is 390 g/mol. The van der Waals surface area contributed by atoms with Crippen LogP contribution in [0.2, 0.25) is 0 Å². The van der Waals surface area contributed by atoms with Crippen molar-refractivity contribution in [1.29, 1.82) is 5.26 Å². The molecular formula is C19H22N2O3S2. The van der Waals surface area contributed by atoms with Crippen molar-refractivity contribution in [2.24, 2.45) is 5.41 Å². The summed E-state index contributed by atoms with van der Waals surface area (Å²) in [5.74, 6) is -0.593. The van der Waals surface area contributed by atoms with E-state index in [0.29, 0.717) is 35.0 Å². The molecule has 0 bridgehead atoms. The molecule has 1 aromatic rings. The second kappa shape index (κ2) is 8.65. The minimum Gasteiger partial charge on any atom is -0.478 e. The fraction of sp³-hybridized carbons (Fsp3) is 0.474. The van der Waals surface area contributed by atoms with Gasteiger partial charge in [0.15, 0.2) is 0 Å². The molecule has 1 atom stereocenters. The number of carbonyl (C=O) groups excluding carboxylic acids is 2. The molecular weight excluding hydrogens is 368 g/mol. The van der Waals surface area contributed by atoms with Crippen molar-refractivity contribution in [3.63, 3.8) is 0 Å². The molecule has 0 aromatic heterocycles. The lowest BCUT2D eigenvalue weighted by Gasteiger charge is -2.23. The summed E-state index contributed by atoms with van der Waals surface area (Å²) < 4.78 is 5.99. The molecule has 0 saturated carbocycles.